The molecular formula is C15H23N3. The average Bonchev–Trinajstić information content (AvgIpc) is 2.37. The minimum atomic E-state index is 0.0194. The van der Waals surface area contributed by atoms with Crippen LogP contribution in [0, 0.1) is 0 Å². The highest BCUT2D eigenvalue weighted by Crippen LogP contribution is 2.17. The zero-order valence-electron chi connectivity index (χ0n) is 11.4. The molecule has 1 aliphatic heterocycles. The summed E-state index contributed by atoms with van der Waals surface area (Å²) in [5.74, 6) is 0. The number of nitrogens with zero attached hydrogens (tertiary/aromatic N) is 1. The van der Waals surface area contributed by atoms with Gasteiger partial charge in [0.25, 0.3) is 0 Å². The first-order valence-electron chi connectivity index (χ1n) is 6.87. The second kappa shape index (κ2) is 5.53. The van der Waals surface area contributed by atoms with Gasteiger partial charge in [0, 0.05) is 0 Å². The molecule has 3 heteroatoms. The minimum absolute atomic E-state index is 0.0194. The molecule has 3 N–H and O–H groups in total. The predicted molar refractivity (Wildman–Crippen MR) is 76.9 cm³/mol. The predicted octanol–water partition coefficient (Wildman–Crippen LogP) is 1.22. The van der Waals surface area contributed by atoms with Crippen molar-refractivity contribution in [3.63, 3.8) is 0 Å². The van der Waals surface area contributed by atoms with Crippen molar-refractivity contribution in [3.05, 3.63) is 28.8 Å². The van der Waals surface area contributed by atoms with E-state index in [4.69, 9.17) is 10.7 Å². The Morgan fingerprint density at radius 1 is 1.33 bits per heavy atom. The normalized spacial score (nSPS) is 21.9. The summed E-state index contributed by atoms with van der Waals surface area (Å²) in [5.41, 5.74) is 6.77. The molecule has 0 aromatic heterocycles. The molecule has 1 aromatic rings. The molecule has 0 saturated heterocycles. The van der Waals surface area contributed by atoms with Gasteiger partial charge in [-0.1, -0.05) is 38.5 Å². The van der Waals surface area contributed by atoms with Crippen molar-refractivity contribution in [2.45, 2.75) is 38.6 Å². The smallest absolute Gasteiger partial charge is 0.0874 e. The third-order valence-electron chi connectivity index (χ3n) is 3.47. The second-order valence-electron chi connectivity index (χ2n) is 5.08. The number of hydrogen-bond donors (Lipinski definition) is 2. The Labute approximate surface area is 109 Å². The van der Waals surface area contributed by atoms with Crippen molar-refractivity contribution in [2.75, 3.05) is 18.8 Å². The maximum absolute atomic E-state index is 5.97. The van der Waals surface area contributed by atoms with Crippen molar-refractivity contribution in [1.82, 2.24) is 5.32 Å². The van der Waals surface area contributed by atoms with Gasteiger partial charge >= 0.3 is 0 Å². The zero-order valence-corrected chi connectivity index (χ0v) is 11.4. The van der Waals surface area contributed by atoms with E-state index in [1.165, 1.54) is 5.22 Å². The lowest BCUT2D eigenvalue weighted by molar-refractivity contribution is 0.396. The zero-order chi connectivity index (χ0) is 13.0. The van der Waals surface area contributed by atoms with Crippen LogP contribution < -0.4 is 21.6 Å². The molecule has 3 nitrogen and oxygen atoms in total. The van der Waals surface area contributed by atoms with Gasteiger partial charge in [0.05, 0.1) is 23.1 Å². The third kappa shape index (κ3) is 2.56. The maximum atomic E-state index is 5.97. The van der Waals surface area contributed by atoms with Gasteiger partial charge in [-0.2, -0.15) is 0 Å². The van der Waals surface area contributed by atoms with Crippen molar-refractivity contribution >= 4 is 11.8 Å². The molecule has 1 aliphatic rings. The summed E-state index contributed by atoms with van der Waals surface area (Å²) in [4.78, 5) is 4.70. The van der Waals surface area contributed by atoms with Crippen molar-refractivity contribution in [3.8, 4) is 0 Å². The number of hydrogen-bond acceptors (Lipinski definition) is 3. The van der Waals surface area contributed by atoms with Crippen molar-refractivity contribution in [2.24, 2.45) is 4.99 Å². The number of nitrogen functional groups attached to an aromatic ring is 1. The fourth-order valence-electron chi connectivity index (χ4n) is 2.61. The Hall–Kier alpha value is -1.35. The lowest BCUT2D eigenvalue weighted by atomic mass is 9.90. The summed E-state index contributed by atoms with van der Waals surface area (Å²) >= 11 is 0. The molecule has 0 aliphatic carbocycles. The minimum Gasteiger partial charge on any atom is -0.397 e. The van der Waals surface area contributed by atoms with Gasteiger partial charge in [-0.25, -0.2) is 0 Å². The molecule has 98 valence electrons. The van der Waals surface area contributed by atoms with Crippen LogP contribution in [0.4, 0.5) is 5.69 Å². The van der Waals surface area contributed by atoms with Crippen molar-refractivity contribution < 1.29 is 0 Å². The standard InChI is InChI=1S/C15H23N3/c1-3-8-15(18-9-4-2)10-12-6-5-7-13(16)14(12)17-11-15/h5-7,10,18H,3-4,8-9,11,16H2,1-2H3. The molecule has 1 heterocycles. The Morgan fingerprint density at radius 3 is 2.89 bits per heavy atom. The first-order valence-corrected chi connectivity index (χ1v) is 6.87. The van der Waals surface area contributed by atoms with E-state index in [0.717, 1.165) is 43.4 Å². The number of fused-ring (bicyclic) bond motifs is 1. The van der Waals surface area contributed by atoms with E-state index in [0.29, 0.717) is 0 Å². The Bertz CT molecular complexity index is 521. The molecule has 0 radical (unpaired) electrons. The fourth-order valence-corrected chi connectivity index (χ4v) is 2.61. The molecular weight excluding hydrogens is 222 g/mol. The van der Waals surface area contributed by atoms with E-state index in [-0.39, 0.29) is 5.54 Å². The molecule has 2 rings (SSSR count). The molecule has 0 fully saturated rings. The van der Waals surface area contributed by atoms with E-state index in [1.807, 2.05) is 12.1 Å². The van der Waals surface area contributed by atoms with Crippen LogP contribution in [-0.2, 0) is 0 Å². The number of para-hydroxylation sites is 1. The highest BCUT2D eigenvalue weighted by atomic mass is 15.0. The monoisotopic (exact) mass is 245 g/mol. The molecule has 18 heavy (non-hydrogen) atoms. The summed E-state index contributed by atoms with van der Waals surface area (Å²) < 4.78 is 0. The van der Waals surface area contributed by atoms with E-state index in [9.17, 15) is 0 Å². The maximum Gasteiger partial charge on any atom is 0.0874 e. The Balaban J connectivity index is 2.41. The van der Waals surface area contributed by atoms with Gasteiger partial charge in [0.1, 0.15) is 0 Å². The van der Waals surface area contributed by atoms with E-state index >= 15 is 0 Å². The van der Waals surface area contributed by atoms with Gasteiger partial charge in [0.15, 0.2) is 0 Å². The highest BCUT2D eigenvalue weighted by Gasteiger charge is 2.27. The largest absolute Gasteiger partial charge is 0.397 e. The summed E-state index contributed by atoms with van der Waals surface area (Å²) in [5, 5.41) is 5.78. The van der Waals surface area contributed by atoms with Crippen LogP contribution in [-0.4, -0.2) is 18.6 Å². The van der Waals surface area contributed by atoms with Gasteiger partial charge in [-0.3, -0.25) is 4.99 Å². The molecule has 1 aromatic carbocycles. The topological polar surface area (TPSA) is 50.4 Å². The van der Waals surface area contributed by atoms with Crippen LogP contribution in [0.25, 0.3) is 6.08 Å². The number of rotatable bonds is 5. The molecule has 0 amide bonds. The first-order chi connectivity index (χ1) is 8.71. The molecule has 0 bridgehead atoms. The first kappa shape index (κ1) is 13.1. The van der Waals surface area contributed by atoms with Crippen molar-refractivity contribution in [1.29, 1.82) is 0 Å². The van der Waals surface area contributed by atoms with Gasteiger partial charge in [-0.05, 0) is 30.7 Å². The molecule has 0 spiro atoms. The summed E-state index contributed by atoms with van der Waals surface area (Å²) in [7, 11) is 0. The van der Waals surface area contributed by atoms with Gasteiger partial charge < -0.3 is 11.1 Å². The van der Waals surface area contributed by atoms with Gasteiger partial charge in [-0.15, -0.1) is 0 Å². The van der Waals surface area contributed by atoms with Gasteiger partial charge in [0.2, 0.25) is 0 Å². The number of anilines is 1. The second-order valence-corrected chi connectivity index (χ2v) is 5.08. The van der Waals surface area contributed by atoms with E-state index < -0.39 is 0 Å². The Kier molecular flexibility index (Phi) is 4.02. The number of nitrogens with one attached hydrogen (secondary N) is 1. The lowest BCUT2D eigenvalue weighted by Gasteiger charge is -2.32. The van der Waals surface area contributed by atoms with E-state index in [1.54, 1.807) is 0 Å². The average molecular weight is 245 g/mol. The Morgan fingerprint density at radius 2 is 2.17 bits per heavy atom. The summed E-state index contributed by atoms with van der Waals surface area (Å²) in [6.45, 7) is 6.24. The van der Waals surface area contributed by atoms with Crippen LogP contribution in [0.15, 0.2) is 23.2 Å². The number of nitrogens with two attached hydrogens (primary N) is 1. The van der Waals surface area contributed by atoms with E-state index in [2.05, 4.69) is 31.3 Å². The van der Waals surface area contributed by atoms with Crippen LogP contribution in [0.2, 0.25) is 0 Å². The van der Waals surface area contributed by atoms with Crippen LogP contribution >= 0.6 is 0 Å². The molecule has 1 unspecified atom stereocenters. The molecule has 0 saturated carbocycles. The summed E-state index contributed by atoms with van der Waals surface area (Å²) in [6.07, 6.45) is 5.74. The van der Waals surface area contributed by atoms with Crippen LogP contribution in [0.5, 0.6) is 0 Å². The highest BCUT2D eigenvalue weighted by molar-refractivity contribution is 5.46. The SMILES string of the molecule is CCCNC1(CCC)C=c2cccc(N)c2=NC1. The number of benzene rings is 1. The molecule has 1 atom stereocenters. The van der Waals surface area contributed by atoms with Crippen LogP contribution in [0.3, 0.4) is 0 Å². The summed E-state index contributed by atoms with van der Waals surface area (Å²) in [6, 6.07) is 6.02. The third-order valence-corrected chi connectivity index (χ3v) is 3.47. The van der Waals surface area contributed by atoms with Crippen LogP contribution in [0.1, 0.15) is 33.1 Å². The quantitative estimate of drug-likeness (QED) is 0.766. The lowest BCUT2D eigenvalue weighted by Crippen LogP contribution is -2.52. The fraction of sp³-hybridized carbons (Fsp3) is 0.533.